The molecule has 478 valence electrons. The fourth-order valence-electron chi connectivity index (χ4n) is 11.1. The number of nitrogens with zero attached hydrogens (tertiary/aromatic N) is 6. The van der Waals surface area contributed by atoms with E-state index in [0.29, 0.717) is 37.0 Å². The van der Waals surface area contributed by atoms with Gasteiger partial charge in [-0.25, -0.2) is 4.79 Å². The summed E-state index contributed by atoms with van der Waals surface area (Å²) >= 11 is 0. The monoisotopic (exact) mass is 1190 g/mol. The van der Waals surface area contributed by atoms with Crippen LogP contribution in [0.1, 0.15) is 141 Å². The highest BCUT2D eigenvalue weighted by atomic mass is 16.5. The van der Waals surface area contributed by atoms with Gasteiger partial charge in [-0.2, -0.15) is 0 Å². The van der Waals surface area contributed by atoms with Gasteiger partial charge in [0, 0.05) is 54.7 Å². The van der Waals surface area contributed by atoms with Crippen LogP contribution in [-0.2, 0) is 63.9 Å². The fraction of sp³-hybridized carbons (Fsp3) is 0.726. The first-order valence-electron chi connectivity index (χ1n) is 30.2. The number of cyclic esters (lactones) is 1. The third kappa shape index (κ3) is 19.1. The van der Waals surface area contributed by atoms with E-state index < -0.39 is 162 Å². The number of likely N-dealkylation sites (N-methyl/N-ethyl adjacent to an activating group) is 5. The summed E-state index contributed by atoms with van der Waals surface area (Å²) in [5, 5.41) is 11.2. The Hall–Kier alpha value is -6.81. The number of rotatable bonds is 13. The second kappa shape index (κ2) is 32.1. The molecule has 10 amide bonds. The second-order valence-corrected chi connectivity index (χ2v) is 25.6. The van der Waals surface area contributed by atoms with Crippen LogP contribution in [0.4, 0.5) is 0 Å². The van der Waals surface area contributed by atoms with Crippen LogP contribution in [0.2, 0.25) is 0 Å². The molecule has 85 heavy (non-hydrogen) atoms. The minimum absolute atomic E-state index is 0.109. The van der Waals surface area contributed by atoms with Gasteiger partial charge in [-0.3, -0.25) is 47.9 Å². The lowest BCUT2D eigenvalue weighted by atomic mass is 9.92. The van der Waals surface area contributed by atoms with Gasteiger partial charge in [0.2, 0.25) is 53.2 Å². The molecule has 0 spiro atoms. The van der Waals surface area contributed by atoms with E-state index in [1.54, 1.807) is 79.7 Å². The first-order chi connectivity index (χ1) is 39.6. The first kappa shape index (κ1) is 72.4. The van der Waals surface area contributed by atoms with E-state index >= 15 is 14.4 Å². The highest BCUT2D eigenvalue weighted by Crippen LogP contribution is 2.27. The van der Waals surface area contributed by atoms with Gasteiger partial charge >= 0.3 is 5.97 Å². The van der Waals surface area contributed by atoms with E-state index in [9.17, 15) is 38.4 Å². The lowest BCUT2D eigenvalue weighted by molar-refractivity contribution is -0.165. The zero-order valence-corrected chi connectivity index (χ0v) is 54.5. The molecule has 23 heteroatoms. The van der Waals surface area contributed by atoms with Crippen molar-refractivity contribution in [2.24, 2.45) is 35.0 Å². The molecule has 2 heterocycles. The zero-order valence-electron chi connectivity index (χ0n) is 54.5. The molecule has 2 aliphatic rings. The highest BCUT2D eigenvalue weighted by molar-refractivity contribution is 6.00. The van der Waals surface area contributed by atoms with E-state index in [1.807, 2.05) is 34.6 Å². The Balaban J connectivity index is 2.31. The number of piperidine rings is 1. The molecule has 1 aromatic carbocycles. The van der Waals surface area contributed by atoms with E-state index in [-0.39, 0.29) is 31.3 Å². The van der Waals surface area contributed by atoms with Crippen molar-refractivity contribution in [2.75, 3.05) is 62.0 Å². The molecule has 0 aliphatic carbocycles. The maximum absolute atomic E-state index is 15.3. The molecule has 2 fully saturated rings. The number of fused-ring (bicyclic) bond motifs is 1. The van der Waals surface area contributed by atoms with Gasteiger partial charge in [-0.05, 0) is 78.9 Å². The van der Waals surface area contributed by atoms with Crippen molar-refractivity contribution in [3.63, 3.8) is 0 Å². The number of ether oxygens (including phenoxy) is 2. The van der Waals surface area contributed by atoms with E-state index in [0.717, 1.165) is 9.80 Å². The lowest BCUT2D eigenvalue weighted by Crippen LogP contribution is -2.63. The molecule has 0 unspecified atom stereocenters. The highest BCUT2D eigenvalue weighted by Gasteiger charge is 2.46. The topological polar surface area (TPSA) is 274 Å². The van der Waals surface area contributed by atoms with Crippen LogP contribution in [0.5, 0.6) is 5.75 Å². The smallest absolute Gasteiger partial charge is 0.329 e. The molecular weight excluding hydrogens is 1090 g/mol. The molecule has 23 nitrogen and oxygen atoms in total. The third-order valence-electron chi connectivity index (χ3n) is 16.6. The molecule has 2 saturated heterocycles. The van der Waals surface area contributed by atoms with Crippen LogP contribution in [0.25, 0.3) is 0 Å². The van der Waals surface area contributed by atoms with Crippen LogP contribution in [-0.4, -0.2) is 211 Å². The van der Waals surface area contributed by atoms with Gasteiger partial charge in [0.05, 0.1) is 20.1 Å². The molecule has 0 bridgehead atoms. The molecule has 11 atom stereocenters. The summed E-state index contributed by atoms with van der Waals surface area (Å²) in [6.07, 6.45) is -0.0272. The normalized spacial score (nSPS) is 26.0. The van der Waals surface area contributed by atoms with Crippen molar-refractivity contribution in [2.45, 2.75) is 196 Å². The summed E-state index contributed by atoms with van der Waals surface area (Å²) in [5.74, 6) is -9.93. The molecule has 0 aromatic heterocycles. The van der Waals surface area contributed by atoms with Crippen molar-refractivity contribution in [1.82, 2.24) is 50.7 Å². The van der Waals surface area contributed by atoms with Crippen LogP contribution >= 0.6 is 0 Å². The zero-order chi connectivity index (χ0) is 64.7. The Labute approximate surface area is 505 Å². The number of benzene rings is 1. The minimum Gasteiger partial charge on any atom is -0.497 e. The van der Waals surface area contributed by atoms with Crippen molar-refractivity contribution in [3.8, 4) is 5.75 Å². The lowest BCUT2D eigenvalue weighted by Gasteiger charge is -2.41. The fourth-order valence-corrected chi connectivity index (χ4v) is 11.1. The van der Waals surface area contributed by atoms with Crippen molar-refractivity contribution in [1.29, 1.82) is 0 Å². The number of methoxy groups -OCH3 is 1. The summed E-state index contributed by atoms with van der Waals surface area (Å²) in [7, 11) is 8.54. The largest absolute Gasteiger partial charge is 0.497 e. The van der Waals surface area contributed by atoms with Crippen LogP contribution in [0.15, 0.2) is 24.3 Å². The average Bonchev–Trinajstić information content (AvgIpc) is 2.75. The number of hydrogen-bond donors (Lipinski definition) is 4. The van der Waals surface area contributed by atoms with Gasteiger partial charge in [0.15, 0.2) is 6.10 Å². The van der Waals surface area contributed by atoms with E-state index in [4.69, 9.17) is 9.47 Å². The van der Waals surface area contributed by atoms with Crippen LogP contribution in [0, 0.1) is 35.0 Å². The summed E-state index contributed by atoms with van der Waals surface area (Å²) < 4.78 is 11.2. The Kier molecular flexibility index (Phi) is 27.3. The Morgan fingerprint density at radius 2 is 1.18 bits per heavy atom. The van der Waals surface area contributed by atoms with Gasteiger partial charge in [0.25, 0.3) is 5.91 Å². The third-order valence-corrected chi connectivity index (χ3v) is 16.6. The average molecular weight is 1200 g/mol. The summed E-state index contributed by atoms with van der Waals surface area (Å²) in [6, 6.07) is -3.39. The number of esters is 1. The minimum atomic E-state index is -1.52. The molecule has 1 aromatic rings. The Bertz CT molecular complexity index is 2520. The number of carbonyl (C=O) groups is 11. The molecule has 2 aliphatic heterocycles. The SMILES string of the molecule is CC[C@@H](C)[C@H]1C(=O)NCC(=O)N(C)[C@@H](C(C)C)C(=O)N[C@@H](Cc2ccc(OC)cc2)C(=O)O[C@@H](C)C(=O)N2CCCC[C@H]2C(=O)N(C)[C@@H](C(C)C)C(=O)N[C@@H](C(C)C)C(=O)N(C)[C@H](CC(=O)NCC(C)(C)C)C(=O)N(C)[C@@H]([C@@H](C)CC)C(=O)N1C. The predicted molar refractivity (Wildman–Crippen MR) is 322 cm³/mol. The quantitative estimate of drug-likeness (QED) is 0.207. The Morgan fingerprint density at radius 3 is 1.71 bits per heavy atom. The van der Waals surface area contributed by atoms with E-state index in [1.165, 1.54) is 68.9 Å². The molecule has 4 N–H and O–H groups in total. The first-order valence-corrected chi connectivity index (χ1v) is 30.2. The van der Waals surface area contributed by atoms with Crippen LogP contribution in [0.3, 0.4) is 0 Å². The maximum Gasteiger partial charge on any atom is 0.329 e. The molecular formula is C62H102N10O13. The predicted octanol–water partition coefficient (Wildman–Crippen LogP) is 3.40. The van der Waals surface area contributed by atoms with Gasteiger partial charge < -0.3 is 60.1 Å². The maximum atomic E-state index is 15.3. The number of carbonyl (C=O) groups excluding carboxylic acids is 11. The summed E-state index contributed by atoms with van der Waals surface area (Å²) in [5.41, 5.74) is 0.231. The van der Waals surface area contributed by atoms with Crippen molar-refractivity contribution in [3.05, 3.63) is 29.8 Å². The summed E-state index contributed by atoms with van der Waals surface area (Å²) in [4.78, 5) is 168. The molecule has 3 rings (SSSR count). The standard InChI is InChI=1S/C62H102N10O13/c1-21-38(9)51-53(75)63-33-47(74)68(16)49(36(5)6)54(76)65-43(31-41-26-28-42(84-20)29-27-41)61(83)85-40(11)56(78)72-30-24-23-25-44(72)57(79)69(17)50(37(7)8)55(77)66-48(35(3)4)59(81)67(15)45(32-46(73)64-34-62(12,13)14)58(80)71(19)52(39(10)22-2)60(82)70(51)18/h26-29,35-40,43-45,48-52H,21-25,30-34H2,1-20H3,(H,63,75)(H,64,73)(H,65,76)(H,66,77)/t38-,39+,40+,43+,44+,45-,48+,49+,50+,51+,52+/m1/s1. The summed E-state index contributed by atoms with van der Waals surface area (Å²) in [6.45, 7) is 24.3. The Morgan fingerprint density at radius 1 is 0.647 bits per heavy atom. The second-order valence-electron chi connectivity index (χ2n) is 25.6. The van der Waals surface area contributed by atoms with Gasteiger partial charge in [-0.15, -0.1) is 0 Å². The number of hydrogen-bond acceptors (Lipinski definition) is 13. The number of amides is 10. The van der Waals surface area contributed by atoms with Gasteiger partial charge in [0.1, 0.15) is 54.1 Å². The van der Waals surface area contributed by atoms with Crippen molar-refractivity contribution >= 4 is 65.0 Å². The molecule has 0 saturated carbocycles. The number of nitrogens with one attached hydrogen (secondary N) is 4. The molecule has 0 radical (unpaired) electrons. The van der Waals surface area contributed by atoms with E-state index in [2.05, 4.69) is 21.3 Å². The van der Waals surface area contributed by atoms with Crippen molar-refractivity contribution < 1.29 is 62.2 Å². The van der Waals surface area contributed by atoms with Gasteiger partial charge in [-0.1, -0.05) is 115 Å². The van der Waals surface area contributed by atoms with Crippen LogP contribution < -0.4 is 26.0 Å².